The van der Waals surface area contributed by atoms with Crippen LogP contribution >= 0.6 is 15.9 Å². The Morgan fingerprint density at radius 2 is 2.25 bits per heavy atom. The molecule has 2 unspecified atom stereocenters. The summed E-state index contributed by atoms with van der Waals surface area (Å²) in [5.74, 6) is -0.849. The standard InChI is InChI=1S/C12H16BrFN2O3S/c1-7(11-3-2-4-19-11)16-20(17,18)12-6-10(15)8(13)5-9(12)14/h5-7,11,16H,2-4,15H2,1H3. The zero-order chi connectivity index (χ0) is 14.9. The largest absolute Gasteiger partial charge is 0.398 e. The van der Waals surface area contributed by atoms with E-state index in [1.807, 2.05) is 0 Å². The average molecular weight is 367 g/mol. The third-order valence-electron chi connectivity index (χ3n) is 3.20. The average Bonchev–Trinajstić information content (AvgIpc) is 2.86. The van der Waals surface area contributed by atoms with Crippen molar-refractivity contribution in [3.05, 3.63) is 22.4 Å². The molecule has 0 spiro atoms. The van der Waals surface area contributed by atoms with Gasteiger partial charge in [-0.1, -0.05) is 0 Å². The molecule has 8 heteroatoms. The predicted molar refractivity (Wildman–Crippen MR) is 77.3 cm³/mol. The van der Waals surface area contributed by atoms with Crippen molar-refractivity contribution in [2.24, 2.45) is 0 Å². The van der Waals surface area contributed by atoms with Crippen LogP contribution in [0.25, 0.3) is 0 Å². The molecule has 2 atom stereocenters. The monoisotopic (exact) mass is 366 g/mol. The van der Waals surface area contributed by atoms with Crippen LogP contribution in [0.1, 0.15) is 19.8 Å². The van der Waals surface area contributed by atoms with E-state index in [-0.39, 0.29) is 11.8 Å². The number of rotatable bonds is 4. The van der Waals surface area contributed by atoms with Gasteiger partial charge in [0.1, 0.15) is 10.7 Å². The smallest absolute Gasteiger partial charge is 0.243 e. The van der Waals surface area contributed by atoms with Crippen LogP contribution in [0.4, 0.5) is 10.1 Å². The first-order valence-electron chi connectivity index (χ1n) is 6.19. The first-order chi connectivity index (χ1) is 9.31. The van der Waals surface area contributed by atoms with Gasteiger partial charge in [0.05, 0.1) is 6.10 Å². The number of hydrogen-bond acceptors (Lipinski definition) is 4. The molecule has 20 heavy (non-hydrogen) atoms. The molecule has 1 fully saturated rings. The summed E-state index contributed by atoms with van der Waals surface area (Å²) in [6, 6.07) is 1.72. The van der Waals surface area contributed by atoms with Crippen LogP contribution in [0.3, 0.4) is 0 Å². The summed E-state index contributed by atoms with van der Waals surface area (Å²) < 4.78 is 46.4. The molecule has 112 valence electrons. The van der Waals surface area contributed by atoms with Crippen molar-refractivity contribution >= 4 is 31.6 Å². The van der Waals surface area contributed by atoms with Crippen molar-refractivity contribution in [1.29, 1.82) is 0 Å². The third-order valence-corrected chi connectivity index (χ3v) is 5.47. The van der Waals surface area contributed by atoms with Gasteiger partial charge >= 0.3 is 0 Å². The lowest BCUT2D eigenvalue weighted by Crippen LogP contribution is -2.41. The number of ether oxygens (including phenoxy) is 1. The fourth-order valence-electron chi connectivity index (χ4n) is 2.13. The normalized spacial score (nSPS) is 21.1. The maximum Gasteiger partial charge on any atom is 0.243 e. The van der Waals surface area contributed by atoms with Gasteiger partial charge in [0, 0.05) is 22.8 Å². The summed E-state index contributed by atoms with van der Waals surface area (Å²) in [5, 5.41) is 0. The zero-order valence-electron chi connectivity index (χ0n) is 10.9. The highest BCUT2D eigenvalue weighted by atomic mass is 79.9. The van der Waals surface area contributed by atoms with Gasteiger partial charge in [0.15, 0.2) is 0 Å². The Morgan fingerprint density at radius 1 is 1.55 bits per heavy atom. The lowest BCUT2D eigenvalue weighted by molar-refractivity contribution is 0.0902. The molecule has 0 bridgehead atoms. The van der Waals surface area contributed by atoms with E-state index >= 15 is 0 Å². The minimum atomic E-state index is -3.97. The van der Waals surface area contributed by atoms with E-state index in [9.17, 15) is 12.8 Å². The van der Waals surface area contributed by atoms with Crippen molar-refractivity contribution in [1.82, 2.24) is 4.72 Å². The number of nitrogens with two attached hydrogens (primary N) is 1. The quantitative estimate of drug-likeness (QED) is 0.798. The SMILES string of the molecule is CC(NS(=O)(=O)c1cc(N)c(Br)cc1F)C1CCCO1. The van der Waals surface area contributed by atoms with E-state index in [0.29, 0.717) is 11.1 Å². The van der Waals surface area contributed by atoms with Crippen molar-refractivity contribution < 1.29 is 17.5 Å². The van der Waals surface area contributed by atoms with Crippen LogP contribution in [0.5, 0.6) is 0 Å². The number of nitrogen functional groups attached to an aromatic ring is 1. The molecule has 1 saturated heterocycles. The lowest BCUT2D eigenvalue weighted by Gasteiger charge is -2.20. The molecule has 1 aliphatic heterocycles. The van der Waals surface area contributed by atoms with Crippen LogP contribution in [0.15, 0.2) is 21.5 Å². The van der Waals surface area contributed by atoms with Crippen molar-refractivity contribution in [2.75, 3.05) is 12.3 Å². The number of benzene rings is 1. The topological polar surface area (TPSA) is 81.4 Å². The van der Waals surface area contributed by atoms with E-state index in [4.69, 9.17) is 10.5 Å². The van der Waals surface area contributed by atoms with Gasteiger partial charge in [-0.25, -0.2) is 17.5 Å². The second-order valence-corrected chi connectivity index (χ2v) is 7.30. The fraction of sp³-hybridized carbons (Fsp3) is 0.500. The van der Waals surface area contributed by atoms with Crippen molar-refractivity contribution in [3.8, 4) is 0 Å². The van der Waals surface area contributed by atoms with Crippen LogP contribution in [-0.2, 0) is 14.8 Å². The van der Waals surface area contributed by atoms with Crippen LogP contribution in [-0.4, -0.2) is 27.2 Å². The number of hydrogen-bond donors (Lipinski definition) is 2. The Balaban J connectivity index is 2.24. The van der Waals surface area contributed by atoms with Gasteiger partial charge in [0.2, 0.25) is 10.0 Å². The molecule has 0 aliphatic carbocycles. The zero-order valence-corrected chi connectivity index (χ0v) is 13.3. The van der Waals surface area contributed by atoms with Crippen molar-refractivity contribution in [2.45, 2.75) is 36.8 Å². The van der Waals surface area contributed by atoms with E-state index in [1.165, 1.54) is 0 Å². The molecule has 3 N–H and O–H groups in total. The third kappa shape index (κ3) is 3.30. The number of anilines is 1. The summed E-state index contributed by atoms with van der Waals surface area (Å²) in [5.41, 5.74) is 5.77. The van der Waals surface area contributed by atoms with E-state index in [1.54, 1.807) is 6.92 Å². The fourth-order valence-corrected chi connectivity index (χ4v) is 3.81. The predicted octanol–water partition coefficient (Wildman–Crippen LogP) is 2.02. The summed E-state index contributed by atoms with van der Waals surface area (Å²) in [7, 11) is -3.97. The maximum atomic E-state index is 13.8. The molecule has 2 rings (SSSR count). The van der Waals surface area contributed by atoms with E-state index < -0.39 is 26.8 Å². The first kappa shape index (κ1) is 15.7. The molecule has 1 heterocycles. The molecule has 1 aliphatic rings. The number of sulfonamides is 1. The van der Waals surface area contributed by atoms with Gasteiger partial charge in [-0.2, -0.15) is 0 Å². The molecule has 1 aromatic rings. The number of halogens is 2. The van der Waals surface area contributed by atoms with Gasteiger partial charge in [-0.05, 0) is 47.8 Å². The molecule has 0 saturated carbocycles. The second kappa shape index (κ2) is 5.97. The highest BCUT2D eigenvalue weighted by molar-refractivity contribution is 9.10. The van der Waals surface area contributed by atoms with Crippen molar-refractivity contribution in [3.63, 3.8) is 0 Å². The second-order valence-electron chi connectivity index (χ2n) is 4.77. The summed E-state index contributed by atoms with van der Waals surface area (Å²) in [4.78, 5) is -0.456. The maximum absolute atomic E-state index is 13.8. The van der Waals surface area contributed by atoms with Crippen LogP contribution in [0.2, 0.25) is 0 Å². The summed E-state index contributed by atoms with van der Waals surface area (Å²) >= 11 is 3.05. The molecule has 5 nitrogen and oxygen atoms in total. The Kier molecular flexibility index (Phi) is 4.68. The van der Waals surface area contributed by atoms with Gasteiger partial charge in [0.25, 0.3) is 0 Å². The molecule has 1 aromatic carbocycles. The molecular formula is C12H16BrFN2O3S. The number of nitrogens with one attached hydrogen (secondary N) is 1. The lowest BCUT2D eigenvalue weighted by atomic mass is 10.1. The Hall–Kier alpha value is -0.700. The highest BCUT2D eigenvalue weighted by Gasteiger charge is 2.28. The van der Waals surface area contributed by atoms with Gasteiger partial charge in [-0.3, -0.25) is 0 Å². The molecule has 0 radical (unpaired) electrons. The summed E-state index contributed by atoms with van der Waals surface area (Å²) in [6.45, 7) is 2.32. The van der Waals surface area contributed by atoms with Crippen LogP contribution in [0, 0.1) is 5.82 Å². The highest BCUT2D eigenvalue weighted by Crippen LogP contribution is 2.26. The molecule has 0 aromatic heterocycles. The van der Waals surface area contributed by atoms with Gasteiger partial charge < -0.3 is 10.5 Å². The Morgan fingerprint density at radius 3 is 2.85 bits per heavy atom. The van der Waals surface area contributed by atoms with E-state index in [0.717, 1.165) is 25.0 Å². The Labute approximate surface area is 125 Å². The minimum absolute atomic E-state index is 0.163. The Bertz CT molecular complexity index is 603. The molecular weight excluding hydrogens is 351 g/mol. The first-order valence-corrected chi connectivity index (χ1v) is 8.47. The van der Waals surface area contributed by atoms with E-state index in [2.05, 4.69) is 20.7 Å². The van der Waals surface area contributed by atoms with Crippen LogP contribution < -0.4 is 10.5 Å². The van der Waals surface area contributed by atoms with Gasteiger partial charge in [-0.15, -0.1) is 0 Å². The molecule has 0 amide bonds. The minimum Gasteiger partial charge on any atom is -0.398 e. The summed E-state index contributed by atoms with van der Waals surface area (Å²) in [6.07, 6.45) is 1.51.